The van der Waals surface area contributed by atoms with Gasteiger partial charge in [-0.1, -0.05) is 29.8 Å². The van der Waals surface area contributed by atoms with Crippen LogP contribution in [0.5, 0.6) is 0 Å². The maximum atomic E-state index is 5.94. The first-order valence-electron chi connectivity index (χ1n) is 6.33. The largest absolute Gasteiger partial charge is 0.253 e. The summed E-state index contributed by atoms with van der Waals surface area (Å²) in [6.45, 7) is 0. The van der Waals surface area contributed by atoms with Crippen LogP contribution in [0.15, 0.2) is 54.0 Å². The molecule has 0 saturated heterocycles. The van der Waals surface area contributed by atoms with Crippen LogP contribution in [0.1, 0.15) is 0 Å². The van der Waals surface area contributed by atoms with E-state index in [0.29, 0.717) is 16.6 Å². The molecule has 0 bridgehead atoms. The average molecular weight is 313 g/mol. The third-order valence-electron chi connectivity index (χ3n) is 3.12. The van der Waals surface area contributed by atoms with Crippen molar-refractivity contribution in [1.82, 2.24) is 19.6 Å². The zero-order valence-electron chi connectivity index (χ0n) is 10.8. The van der Waals surface area contributed by atoms with Crippen molar-refractivity contribution in [2.75, 3.05) is 0 Å². The van der Waals surface area contributed by atoms with Gasteiger partial charge in [0.2, 0.25) is 0 Å². The van der Waals surface area contributed by atoms with Crippen molar-refractivity contribution in [3.05, 3.63) is 59.1 Å². The molecule has 0 aliphatic rings. The minimum Gasteiger partial charge on any atom is -0.220 e. The molecule has 0 fully saturated rings. The van der Waals surface area contributed by atoms with Gasteiger partial charge in [0.25, 0.3) is 5.78 Å². The maximum absolute atomic E-state index is 5.94. The highest BCUT2D eigenvalue weighted by atomic mass is 35.5. The standard InChI is InChI=1S/C15H9ClN4S/c16-11-5-3-10(4-6-11)12-7-8-17-15-18-14(19-20(12)15)13-2-1-9-21-13/h1-9H. The van der Waals surface area contributed by atoms with E-state index in [1.54, 1.807) is 22.0 Å². The number of hydrogen-bond donors (Lipinski definition) is 0. The van der Waals surface area contributed by atoms with Crippen molar-refractivity contribution in [3.8, 4) is 22.0 Å². The van der Waals surface area contributed by atoms with Gasteiger partial charge in [-0.15, -0.1) is 16.4 Å². The summed E-state index contributed by atoms with van der Waals surface area (Å²) in [5, 5.41) is 7.29. The van der Waals surface area contributed by atoms with Crippen LogP contribution in [-0.4, -0.2) is 19.6 Å². The number of halogens is 1. The summed E-state index contributed by atoms with van der Waals surface area (Å²) in [5.74, 6) is 1.28. The molecule has 0 amide bonds. The minimum absolute atomic E-state index is 0.589. The quantitative estimate of drug-likeness (QED) is 0.558. The molecule has 0 unspecified atom stereocenters. The van der Waals surface area contributed by atoms with Crippen molar-refractivity contribution in [1.29, 1.82) is 0 Å². The fourth-order valence-corrected chi connectivity index (χ4v) is 2.92. The molecule has 0 radical (unpaired) electrons. The number of fused-ring (bicyclic) bond motifs is 1. The van der Waals surface area contributed by atoms with E-state index in [1.807, 2.05) is 47.8 Å². The van der Waals surface area contributed by atoms with Crippen LogP contribution >= 0.6 is 22.9 Å². The lowest BCUT2D eigenvalue weighted by Gasteiger charge is -2.03. The van der Waals surface area contributed by atoms with E-state index in [9.17, 15) is 0 Å². The predicted molar refractivity (Wildman–Crippen MR) is 84.5 cm³/mol. The summed E-state index contributed by atoms with van der Waals surface area (Å²) < 4.78 is 1.76. The van der Waals surface area contributed by atoms with E-state index in [1.165, 1.54) is 0 Å². The van der Waals surface area contributed by atoms with Gasteiger partial charge in [0.15, 0.2) is 5.82 Å². The van der Waals surface area contributed by atoms with Gasteiger partial charge in [-0.05, 0) is 29.6 Å². The third-order valence-corrected chi connectivity index (χ3v) is 4.24. The average Bonchev–Trinajstić information content (AvgIpc) is 3.16. The van der Waals surface area contributed by atoms with Crippen molar-refractivity contribution in [3.63, 3.8) is 0 Å². The Morgan fingerprint density at radius 2 is 1.90 bits per heavy atom. The second-order valence-electron chi connectivity index (χ2n) is 4.46. The van der Waals surface area contributed by atoms with Crippen LogP contribution in [0.25, 0.3) is 27.7 Å². The Kier molecular flexibility index (Phi) is 2.94. The molecular weight excluding hydrogens is 304 g/mol. The topological polar surface area (TPSA) is 43.1 Å². The molecule has 0 aliphatic carbocycles. The monoisotopic (exact) mass is 312 g/mol. The first-order chi connectivity index (χ1) is 10.3. The maximum Gasteiger partial charge on any atom is 0.253 e. The van der Waals surface area contributed by atoms with Crippen molar-refractivity contribution in [2.45, 2.75) is 0 Å². The Morgan fingerprint density at radius 3 is 2.67 bits per heavy atom. The highest BCUT2D eigenvalue weighted by molar-refractivity contribution is 7.13. The zero-order valence-corrected chi connectivity index (χ0v) is 12.3. The van der Waals surface area contributed by atoms with Crippen LogP contribution < -0.4 is 0 Å². The van der Waals surface area contributed by atoms with Crippen LogP contribution in [0.4, 0.5) is 0 Å². The summed E-state index contributed by atoms with van der Waals surface area (Å²) in [5.41, 5.74) is 1.96. The van der Waals surface area contributed by atoms with E-state index in [2.05, 4.69) is 15.1 Å². The molecule has 0 atom stereocenters. The van der Waals surface area contributed by atoms with Gasteiger partial charge in [0.1, 0.15) is 0 Å². The molecule has 0 N–H and O–H groups in total. The fourth-order valence-electron chi connectivity index (χ4n) is 2.14. The van der Waals surface area contributed by atoms with Crippen LogP contribution in [0.3, 0.4) is 0 Å². The van der Waals surface area contributed by atoms with Crippen molar-refractivity contribution < 1.29 is 0 Å². The van der Waals surface area contributed by atoms with Gasteiger partial charge in [-0.2, -0.15) is 9.50 Å². The predicted octanol–water partition coefficient (Wildman–Crippen LogP) is 4.17. The Balaban J connectivity index is 1.92. The molecular formula is C15H9ClN4S. The first-order valence-corrected chi connectivity index (χ1v) is 7.58. The lowest BCUT2D eigenvalue weighted by molar-refractivity contribution is 0.952. The molecule has 1 aromatic carbocycles. The molecule has 3 heterocycles. The van der Waals surface area contributed by atoms with E-state index in [0.717, 1.165) is 16.1 Å². The van der Waals surface area contributed by atoms with Gasteiger partial charge in [-0.25, -0.2) is 4.98 Å². The summed E-state index contributed by atoms with van der Waals surface area (Å²) in [7, 11) is 0. The van der Waals surface area contributed by atoms with E-state index in [4.69, 9.17) is 11.6 Å². The number of rotatable bonds is 2. The zero-order chi connectivity index (χ0) is 14.2. The van der Waals surface area contributed by atoms with Gasteiger partial charge < -0.3 is 0 Å². The van der Waals surface area contributed by atoms with Gasteiger partial charge >= 0.3 is 0 Å². The second-order valence-corrected chi connectivity index (χ2v) is 5.85. The molecule has 3 aromatic heterocycles. The molecule has 4 nitrogen and oxygen atoms in total. The Labute approximate surface area is 129 Å². The summed E-state index contributed by atoms with van der Waals surface area (Å²) in [6.07, 6.45) is 1.74. The van der Waals surface area contributed by atoms with Crippen molar-refractivity contribution in [2.24, 2.45) is 0 Å². The number of benzene rings is 1. The molecule has 102 valence electrons. The lowest BCUT2D eigenvalue weighted by atomic mass is 10.1. The van der Waals surface area contributed by atoms with E-state index >= 15 is 0 Å². The molecule has 0 aliphatic heterocycles. The second kappa shape index (κ2) is 4.95. The number of nitrogens with zero attached hydrogens (tertiary/aromatic N) is 4. The molecule has 0 spiro atoms. The van der Waals surface area contributed by atoms with Crippen LogP contribution in [0, 0.1) is 0 Å². The number of hydrogen-bond acceptors (Lipinski definition) is 4. The molecule has 4 aromatic rings. The highest BCUT2D eigenvalue weighted by Gasteiger charge is 2.11. The SMILES string of the molecule is Clc1ccc(-c2ccnc3nc(-c4cccs4)nn23)cc1. The van der Waals surface area contributed by atoms with Gasteiger partial charge in [-0.3, -0.25) is 0 Å². The summed E-state index contributed by atoms with van der Waals surface area (Å²) in [6, 6.07) is 13.6. The summed E-state index contributed by atoms with van der Waals surface area (Å²) >= 11 is 7.55. The normalized spacial score (nSPS) is 11.1. The Bertz CT molecular complexity index is 897. The first kappa shape index (κ1) is 12.5. The van der Waals surface area contributed by atoms with Crippen molar-refractivity contribution >= 4 is 28.7 Å². The number of thiophene rings is 1. The van der Waals surface area contributed by atoms with Crippen LogP contribution in [0.2, 0.25) is 5.02 Å². The molecule has 0 saturated carbocycles. The van der Waals surface area contributed by atoms with Crippen LogP contribution in [-0.2, 0) is 0 Å². The summed E-state index contributed by atoms with van der Waals surface area (Å²) in [4.78, 5) is 9.80. The molecule has 6 heteroatoms. The lowest BCUT2D eigenvalue weighted by Crippen LogP contribution is -1.95. The fraction of sp³-hybridized carbons (Fsp3) is 0. The smallest absolute Gasteiger partial charge is 0.220 e. The molecule has 21 heavy (non-hydrogen) atoms. The highest BCUT2D eigenvalue weighted by Crippen LogP contribution is 2.25. The molecule has 4 rings (SSSR count). The third kappa shape index (κ3) is 2.20. The van der Waals surface area contributed by atoms with Gasteiger partial charge in [0, 0.05) is 16.8 Å². The minimum atomic E-state index is 0.589. The van der Waals surface area contributed by atoms with Gasteiger partial charge in [0.05, 0.1) is 10.6 Å². The Morgan fingerprint density at radius 1 is 1.05 bits per heavy atom. The Hall–Kier alpha value is -2.24. The number of aromatic nitrogens is 4. The van der Waals surface area contributed by atoms with E-state index < -0.39 is 0 Å². The van der Waals surface area contributed by atoms with E-state index in [-0.39, 0.29) is 0 Å².